The lowest BCUT2D eigenvalue weighted by atomic mass is 10.1. The standard InChI is InChI=1S/C11H24N4O3/c1-11(2,3)18-10(17)15-14-9(16)8(13)6-4-5-7-12/h8H,4-7,12-13H2,1-3H3,(H,14,16)(H,15,17)/t8-/m0/s1. The van der Waals surface area contributed by atoms with Crippen LogP contribution in [0.1, 0.15) is 40.0 Å². The van der Waals surface area contributed by atoms with Crippen molar-refractivity contribution in [3.05, 3.63) is 0 Å². The highest BCUT2D eigenvalue weighted by atomic mass is 16.6. The van der Waals surface area contributed by atoms with Crippen molar-refractivity contribution >= 4 is 12.0 Å². The van der Waals surface area contributed by atoms with Crippen LogP contribution in [0.25, 0.3) is 0 Å². The number of hydrogen-bond acceptors (Lipinski definition) is 5. The Morgan fingerprint density at radius 3 is 2.33 bits per heavy atom. The van der Waals surface area contributed by atoms with Crippen molar-refractivity contribution < 1.29 is 14.3 Å². The minimum atomic E-state index is -0.718. The predicted octanol–water partition coefficient (Wildman–Crippen LogP) is -0.00140. The highest BCUT2D eigenvalue weighted by molar-refractivity contribution is 5.83. The Morgan fingerprint density at radius 2 is 1.83 bits per heavy atom. The molecule has 7 heteroatoms. The summed E-state index contributed by atoms with van der Waals surface area (Å²) < 4.78 is 4.94. The molecule has 106 valence electrons. The maximum absolute atomic E-state index is 11.5. The van der Waals surface area contributed by atoms with E-state index < -0.39 is 23.6 Å². The number of ether oxygens (including phenoxy) is 1. The second kappa shape index (κ2) is 7.88. The van der Waals surface area contributed by atoms with Gasteiger partial charge in [0.05, 0.1) is 6.04 Å². The summed E-state index contributed by atoms with van der Waals surface area (Å²) in [6, 6.07) is -0.661. The molecule has 0 fully saturated rings. The van der Waals surface area contributed by atoms with Gasteiger partial charge >= 0.3 is 6.09 Å². The monoisotopic (exact) mass is 260 g/mol. The van der Waals surface area contributed by atoms with Gasteiger partial charge in [0.25, 0.3) is 5.91 Å². The summed E-state index contributed by atoms with van der Waals surface area (Å²) in [5.41, 5.74) is 14.7. The molecule has 0 spiro atoms. The van der Waals surface area contributed by atoms with Crippen LogP contribution >= 0.6 is 0 Å². The van der Waals surface area contributed by atoms with Crippen molar-refractivity contribution in [1.29, 1.82) is 0 Å². The van der Waals surface area contributed by atoms with Crippen molar-refractivity contribution in [2.75, 3.05) is 6.54 Å². The van der Waals surface area contributed by atoms with E-state index in [0.717, 1.165) is 12.8 Å². The Hall–Kier alpha value is -1.34. The Kier molecular flexibility index (Phi) is 7.30. The molecule has 0 radical (unpaired) electrons. The van der Waals surface area contributed by atoms with Gasteiger partial charge in [-0.25, -0.2) is 10.2 Å². The van der Waals surface area contributed by atoms with Crippen LogP contribution in [0.15, 0.2) is 0 Å². The summed E-state index contributed by atoms with van der Waals surface area (Å²) in [7, 11) is 0. The molecule has 0 saturated heterocycles. The van der Waals surface area contributed by atoms with Crippen molar-refractivity contribution in [1.82, 2.24) is 10.9 Å². The van der Waals surface area contributed by atoms with E-state index in [0.29, 0.717) is 13.0 Å². The molecule has 2 amide bonds. The molecule has 7 nitrogen and oxygen atoms in total. The van der Waals surface area contributed by atoms with Gasteiger partial charge in [-0.1, -0.05) is 6.42 Å². The fraction of sp³-hybridized carbons (Fsp3) is 0.818. The van der Waals surface area contributed by atoms with Crippen LogP contribution in [-0.4, -0.2) is 30.2 Å². The Balaban J connectivity index is 3.85. The fourth-order valence-electron chi connectivity index (χ4n) is 1.15. The first-order chi connectivity index (χ1) is 8.26. The van der Waals surface area contributed by atoms with Gasteiger partial charge in [0, 0.05) is 0 Å². The second-order valence-electron chi connectivity index (χ2n) is 5.01. The van der Waals surface area contributed by atoms with Crippen LogP contribution in [0.2, 0.25) is 0 Å². The van der Waals surface area contributed by atoms with E-state index in [2.05, 4.69) is 10.9 Å². The minimum absolute atomic E-state index is 0.446. The molecule has 0 bridgehead atoms. The molecule has 1 atom stereocenters. The molecule has 0 aliphatic heterocycles. The lowest BCUT2D eigenvalue weighted by Crippen LogP contribution is -2.50. The van der Waals surface area contributed by atoms with E-state index in [4.69, 9.17) is 16.2 Å². The number of amides is 2. The summed E-state index contributed by atoms with van der Waals surface area (Å²) in [6.07, 6.45) is 1.40. The average Bonchev–Trinajstić information content (AvgIpc) is 2.23. The second-order valence-corrected chi connectivity index (χ2v) is 5.01. The summed E-state index contributed by atoms with van der Waals surface area (Å²) in [5, 5.41) is 0. The zero-order valence-corrected chi connectivity index (χ0v) is 11.3. The first-order valence-corrected chi connectivity index (χ1v) is 6.01. The normalized spacial score (nSPS) is 12.7. The van der Waals surface area contributed by atoms with Crippen LogP contribution in [0, 0.1) is 0 Å². The summed E-state index contributed by atoms with van der Waals surface area (Å²) in [5.74, 6) is -0.446. The number of hydrazine groups is 1. The fourth-order valence-corrected chi connectivity index (χ4v) is 1.15. The van der Waals surface area contributed by atoms with Gasteiger partial charge in [-0.2, -0.15) is 0 Å². The SMILES string of the molecule is CC(C)(C)OC(=O)NNC(=O)[C@@H](N)CCCCN. The van der Waals surface area contributed by atoms with Crippen LogP contribution < -0.4 is 22.3 Å². The lowest BCUT2D eigenvalue weighted by Gasteiger charge is -2.20. The zero-order chi connectivity index (χ0) is 14.2. The van der Waals surface area contributed by atoms with Crippen molar-refractivity contribution in [2.45, 2.75) is 51.7 Å². The van der Waals surface area contributed by atoms with E-state index in [1.54, 1.807) is 20.8 Å². The highest BCUT2D eigenvalue weighted by Crippen LogP contribution is 2.05. The quantitative estimate of drug-likeness (QED) is 0.409. The maximum Gasteiger partial charge on any atom is 0.426 e. The predicted molar refractivity (Wildman–Crippen MR) is 68.4 cm³/mol. The zero-order valence-electron chi connectivity index (χ0n) is 11.3. The lowest BCUT2D eigenvalue weighted by molar-refractivity contribution is -0.123. The van der Waals surface area contributed by atoms with Crippen molar-refractivity contribution in [2.24, 2.45) is 11.5 Å². The van der Waals surface area contributed by atoms with Gasteiger partial charge in [-0.15, -0.1) is 0 Å². The number of carbonyl (C=O) groups excluding carboxylic acids is 2. The first kappa shape index (κ1) is 16.7. The number of unbranched alkanes of at least 4 members (excludes halogenated alkanes) is 1. The van der Waals surface area contributed by atoms with E-state index in [-0.39, 0.29) is 0 Å². The molecule has 0 aromatic carbocycles. The molecule has 0 heterocycles. The first-order valence-electron chi connectivity index (χ1n) is 6.01. The maximum atomic E-state index is 11.5. The van der Waals surface area contributed by atoms with E-state index in [9.17, 15) is 9.59 Å². The average molecular weight is 260 g/mol. The molecule has 18 heavy (non-hydrogen) atoms. The molecule has 0 saturated carbocycles. The van der Waals surface area contributed by atoms with Gasteiger partial charge in [0.1, 0.15) is 5.60 Å². The topological polar surface area (TPSA) is 119 Å². The number of hydrogen-bond donors (Lipinski definition) is 4. The molecule has 0 unspecified atom stereocenters. The molecular weight excluding hydrogens is 236 g/mol. The molecule has 0 rings (SSSR count). The summed E-state index contributed by atoms with van der Waals surface area (Å²) in [4.78, 5) is 22.7. The van der Waals surface area contributed by atoms with Crippen LogP contribution in [0.5, 0.6) is 0 Å². The van der Waals surface area contributed by atoms with Crippen LogP contribution in [0.4, 0.5) is 4.79 Å². The summed E-state index contributed by atoms with van der Waals surface area (Å²) in [6.45, 7) is 5.76. The van der Waals surface area contributed by atoms with E-state index >= 15 is 0 Å². The Labute approximate surface area is 108 Å². The summed E-state index contributed by atoms with van der Waals surface area (Å²) >= 11 is 0. The van der Waals surface area contributed by atoms with Gasteiger partial charge < -0.3 is 16.2 Å². The van der Waals surface area contributed by atoms with Crippen molar-refractivity contribution in [3.63, 3.8) is 0 Å². The van der Waals surface area contributed by atoms with Crippen molar-refractivity contribution in [3.8, 4) is 0 Å². The molecular formula is C11H24N4O3. The molecule has 0 aromatic rings. The van der Waals surface area contributed by atoms with E-state index in [1.165, 1.54) is 0 Å². The third-order valence-corrected chi connectivity index (χ3v) is 1.99. The van der Waals surface area contributed by atoms with Gasteiger partial charge in [0.2, 0.25) is 0 Å². The van der Waals surface area contributed by atoms with Gasteiger partial charge in [0.15, 0.2) is 0 Å². The Morgan fingerprint density at radius 1 is 1.22 bits per heavy atom. The number of rotatable bonds is 5. The molecule has 0 aromatic heterocycles. The molecule has 6 N–H and O–H groups in total. The number of carbonyl (C=O) groups is 2. The number of nitrogens with two attached hydrogens (primary N) is 2. The highest BCUT2D eigenvalue weighted by Gasteiger charge is 2.18. The van der Waals surface area contributed by atoms with Crippen LogP contribution in [-0.2, 0) is 9.53 Å². The molecule has 0 aliphatic carbocycles. The molecule has 0 aliphatic rings. The smallest absolute Gasteiger partial charge is 0.426 e. The third-order valence-electron chi connectivity index (χ3n) is 1.99. The minimum Gasteiger partial charge on any atom is -0.443 e. The van der Waals surface area contributed by atoms with Crippen LogP contribution in [0.3, 0.4) is 0 Å². The number of nitrogens with one attached hydrogen (secondary N) is 2. The van der Waals surface area contributed by atoms with Gasteiger partial charge in [-0.3, -0.25) is 10.2 Å². The largest absolute Gasteiger partial charge is 0.443 e. The third kappa shape index (κ3) is 8.77. The van der Waals surface area contributed by atoms with Gasteiger partial charge in [-0.05, 0) is 40.2 Å². The Bertz CT molecular complexity index is 276. The van der Waals surface area contributed by atoms with E-state index in [1.807, 2.05) is 0 Å².